The van der Waals surface area contributed by atoms with Crippen molar-refractivity contribution < 1.29 is 19.4 Å². The van der Waals surface area contributed by atoms with E-state index in [2.05, 4.69) is 10.3 Å². The highest BCUT2D eigenvalue weighted by atomic mass is 32.1. The lowest BCUT2D eigenvalue weighted by molar-refractivity contribution is -0.116. The van der Waals surface area contributed by atoms with Gasteiger partial charge in [0.15, 0.2) is 16.5 Å². The quantitative estimate of drug-likeness (QED) is 0.728. The Morgan fingerprint density at radius 2 is 1.96 bits per heavy atom. The fourth-order valence-corrected chi connectivity index (χ4v) is 3.92. The van der Waals surface area contributed by atoms with Crippen LogP contribution < -0.4 is 20.3 Å². The van der Waals surface area contributed by atoms with E-state index in [-0.39, 0.29) is 29.6 Å². The van der Waals surface area contributed by atoms with E-state index in [1.165, 1.54) is 25.6 Å². The fraction of sp³-hybridized carbons (Fsp3) is 0.235. The smallest absolute Gasteiger partial charge is 0.279 e. The predicted octanol–water partition coefficient (Wildman–Crippen LogP) is 1.95. The lowest BCUT2D eigenvalue weighted by Crippen LogP contribution is -2.31. The van der Waals surface area contributed by atoms with Gasteiger partial charge in [-0.25, -0.2) is 0 Å². The van der Waals surface area contributed by atoms with Crippen molar-refractivity contribution in [1.29, 1.82) is 0 Å². The Hall–Kier alpha value is -3.07. The summed E-state index contributed by atoms with van der Waals surface area (Å²) < 4.78 is 12.1. The van der Waals surface area contributed by atoms with Gasteiger partial charge in [0.2, 0.25) is 11.7 Å². The third-order valence-electron chi connectivity index (χ3n) is 4.41. The number of nitrogens with zero attached hydrogens (tertiary/aromatic N) is 2. The number of anilines is 1. The molecule has 9 heteroatoms. The van der Waals surface area contributed by atoms with Gasteiger partial charge in [-0.3, -0.25) is 14.0 Å². The van der Waals surface area contributed by atoms with Crippen LogP contribution in [-0.2, 0) is 4.79 Å². The van der Waals surface area contributed by atoms with E-state index in [1.54, 1.807) is 28.1 Å². The molecular formula is C17H15N3O5S. The minimum absolute atomic E-state index is 0.0806. The fourth-order valence-electron chi connectivity index (χ4n) is 3.21. The van der Waals surface area contributed by atoms with E-state index in [4.69, 9.17) is 9.47 Å². The lowest BCUT2D eigenvalue weighted by atomic mass is 9.86. The second-order valence-electron chi connectivity index (χ2n) is 5.81. The number of rotatable bonds is 3. The number of carbonyl (C=O) groups excluding carboxylic acids is 1. The first-order valence-electron chi connectivity index (χ1n) is 7.78. The summed E-state index contributed by atoms with van der Waals surface area (Å²) in [7, 11) is 2.84. The molecule has 0 spiro atoms. The molecule has 3 aromatic rings. The number of aromatic nitrogens is 2. The Morgan fingerprint density at radius 3 is 2.62 bits per heavy atom. The number of carbonyl (C=O) groups is 1. The molecule has 0 unspecified atom stereocenters. The Labute approximate surface area is 151 Å². The maximum Gasteiger partial charge on any atom is 0.279 e. The summed E-state index contributed by atoms with van der Waals surface area (Å²) >= 11 is 1.31. The van der Waals surface area contributed by atoms with E-state index in [9.17, 15) is 14.7 Å². The highest BCUT2D eigenvalue weighted by molar-refractivity contribution is 7.15. The number of benzene rings is 1. The number of phenols is 1. The van der Waals surface area contributed by atoms with Crippen LogP contribution in [0.25, 0.3) is 4.96 Å². The molecule has 134 valence electrons. The monoisotopic (exact) mass is 373 g/mol. The van der Waals surface area contributed by atoms with Gasteiger partial charge < -0.3 is 19.9 Å². The molecule has 0 saturated carbocycles. The van der Waals surface area contributed by atoms with E-state index in [0.29, 0.717) is 21.9 Å². The molecule has 8 nitrogen and oxygen atoms in total. The van der Waals surface area contributed by atoms with E-state index >= 15 is 0 Å². The van der Waals surface area contributed by atoms with E-state index in [0.717, 1.165) is 0 Å². The zero-order valence-electron chi connectivity index (χ0n) is 14.0. The first kappa shape index (κ1) is 16.4. The van der Waals surface area contributed by atoms with Crippen molar-refractivity contribution in [2.75, 3.05) is 19.5 Å². The number of hydrogen-bond donors (Lipinski definition) is 2. The summed E-state index contributed by atoms with van der Waals surface area (Å²) in [5, 5.41) is 14.7. The van der Waals surface area contributed by atoms with E-state index in [1.807, 2.05) is 0 Å². The van der Waals surface area contributed by atoms with Crippen LogP contribution in [0.4, 0.5) is 5.82 Å². The molecule has 0 aliphatic carbocycles. The molecule has 0 bridgehead atoms. The van der Waals surface area contributed by atoms with Crippen molar-refractivity contribution in [2.45, 2.75) is 12.3 Å². The SMILES string of the molecule is COc1cc([C@@H]2CC(=O)Nc3c2c(=O)nc2sccn32)cc(OC)c1O. The van der Waals surface area contributed by atoms with Crippen LogP contribution in [0, 0.1) is 0 Å². The third kappa shape index (κ3) is 2.39. The maximum atomic E-state index is 12.7. The summed E-state index contributed by atoms with van der Waals surface area (Å²) in [6, 6.07) is 3.21. The maximum absolute atomic E-state index is 12.7. The normalized spacial score (nSPS) is 16.2. The topological polar surface area (TPSA) is 102 Å². The molecule has 1 aromatic carbocycles. The minimum Gasteiger partial charge on any atom is -0.502 e. The van der Waals surface area contributed by atoms with Gasteiger partial charge in [-0.15, -0.1) is 11.3 Å². The van der Waals surface area contributed by atoms with Crippen molar-refractivity contribution in [3.8, 4) is 17.2 Å². The number of ether oxygens (including phenoxy) is 2. The Balaban J connectivity index is 1.98. The standard InChI is InChI=1S/C17H15N3O5S/c1-24-10-5-8(6-11(25-2)14(10)22)9-7-12(21)18-15-13(9)16(23)19-17-20(15)3-4-26-17/h3-6,9,22H,7H2,1-2H3,(H,18,21)/t9-/m0/s1. The largest absolute Gasteiger partial charge is 0.502 e. The minimum atomic E-state index is -0.529. The molecule has 1 atom stereocenters. The number of nitrogens with one attached hydrogen (secondary N) is 1. The van der Waals surface area contributed by atoms with Crippen LogP contribution in [0.1, 0.15) is 23.5 Å². The molecule has 26 heavy (non-hydrogen) atoms. The number of methoxy groups -OCH3 is 2. The molecule has 0 fully saturated rings. The van der Waals surface area contributed by atoms with Gasteiger partial charge in [-0.05, 0) is 17.7 Å². The number of amides is 1. The average molecular weight is 373 g/mol. The molecular weight excluding hydrogens is 358 g/mol. The number of fused-ring (bicyclic) bond motifs is 3. The predicted molar refractivity (Wildman–Crippen MR) is 95.6 cm³/mol. The average Bonchev–Trinajstić information content (AvgIpc) is 3.09. The summed E-state index contributed by atoms with van der Waals surface area (Å²) in [4.78, 5) is 29.6. The van der Waals surface area contributed by atoms with E-state index < -0.39 is 11.5 Å². The lowest BCUT2D eigenvalue weighted by Gasteiger charge is -2.26. The number of thiazole rings is 1. The van der Waals surface area contributed by atoms with Crippen molar-refractivity contribution in [3.05, 3.63) is 45.2 Å². The van der Waals surface area contributed by atoms with Crippen molar-refractivity contribution in [1.82, 2.24) is 9.38 Å². The van der Waals surface area contributed by atoms with Gasteiger partial charge in [0.1, 0.15) is 5.82 Å². The number of hydrogen-bond acceptors (Lipinski definition) is 7. The summed E-state index contributed by atoms with van der Waals surface area (Å²) in [6.07, 6.45) is 1.84. The third-order valence-corrected chi connectivity index (χ3v) is 5.17. The molecule has 0 saturated heterocycles. The van der Waals surface area contributed by atoms with Gasteiger partial charge in [0, 0.05) is 23.9 Å². The number of aromatic hydroxyl groups is 1. The highest BCUT2D eigenvalue weighted by Crippen LogP contribution is 2.43. The highest BCUT2D eigenvalue weighted by Gasteiger charge is 2.32. The van der Waals surface area contributed by atoms with Gasteiger partial charge in [0.25, 0.3) is 5.56 Å². The number of phenolic OH excluding ortho intramolecular Hbond substituents is 1. The molecule has 4 rings (SSSR count). The van der Waals surface area contributed by atoms with Crippen LogP contribution in [0.3, 0.4) is 0 Å². The summed E-state index contributed by atoms with van der Waals surface area (Å²) in [5.41, 5.74) is 0.635. The van der Waals surface area contributed by atoms with Crippen LogP contribution in [-0.4, -0.2) is 34.6 Å². The Bertz CT molecular complexity index is 1060. The van der Waals surface area contributed by atoms with Crippen molar-refractivity contribution in [2.24, 2.45) is 0 Å². The van der Waals surface area contributed by atoms with Gasteiger partial charge >= 0.3 is 0 Å². The molecule has 1 amide bonds. The van der Waals surface area contributed by atoms with Gasteiger partial charge in [-0.1, -0.05) is 0 Å². The second-order valence-corrected chi connectivity index (χ2v) is 6.69. The molecule has 1 aliphatic heterocycles. The van der Waals surface area contributed by atoms with Gasteiger partial charge in [0.05, 0.1) is 19.8 Å². The molecule has 0 radical (unpaired) electrons. The summed E-state index contributed by atoms with van der Waals surface area (Å²) in [6.45, 7) is 0. The molecule has 3 heterocycles. The first-order chi connectivity index (χ1) is 12.5. The Morgan fingerprint density at radius 1 is 1.27 bits per heavy atom. The van der Waals surface area contributed by atoms with Crippen LogP contribution in [0.15, 0.2) is 28.5 Å². The molecule has 2 aromatic heterocycles. The zero-order valence-corrected chi connectivity index (χ0v) is 14.8. The second kappa shape index (κ2) is 6.03. The summed E-state index contributed by atoms with van der Waals surface area (Å²) in [5.74, 6) is -0.0398. The van der Waals surface area contributed by atoms with Crippen LogP contribution in [0.2, 0.25) is 0 Å². The molecule has 2 N–H and O–H groups in total. The van der Waals surface area contributed by atoms with Crippen molar-refractivity contribution in [3.63, 3.8) is 0 Å². The van der Waals surface area contributed by atoms with Crippen molar-refractivity contribution >= 4 is 28.0 Å². The van der Waals surface area contributed by atoms with Gasteiger partial charge in [-0.2, -0.15) is 4.98 Å². The van der Waals surface area contributed by atoms with Crippen LogP contribution >= 0.6 is 11.3 Å². The Kier molecular flexibility index (Phi) is 3.80. The van der Waals surface area contributed by atoms with Crippen LogP contribution in [0.5, 0.6) is 17.2 Å². The zero-order chi connectivity index (χ0) is 18.4. The molecule has 1 aliphatic rings. The first-order valence-corrected chi connectivity index (χ1v) is 8.66.